The van der Waals surface area contributed by atoms with E-state index < -0.39 is 41.6 Å². The molecular formula is C24H22ClFN4O5S. The highest BCUT2D eigenvalue weighted by Gasteiger charge is 2.39. The Kier molecular flexibility index (Phi) is 7.82. The first kappa shape index (κ1) is 25.5. The minimum Gasteiger partial charge on any atom is -0.468 e. The van der Waals surface area contributed by atoms with Crippen molar-refractivity contribution in [2.24, 2.45) is 5.92 Å². The molecule has 3 heterocycles. The fraction of sp³-hybridized carbons (Fsp3) is 0.250. The molecule has 0 spiro atoms. The fourth-order valence-corrected chi connectivity index (χ4v) is 4.94. The molecule has 0 bridgehead atoms. The van der Waals surface area contributed by atoms with Gasteiger partial charge in [-0.05, 0) is 36.8 Å². The highest BCUT2D eigenvalue weighted by molar-refractivity contribution is 7.18. The molecule has 3 N–H and O–H groups in total. The van der Waals surface area contributed by atoms with Gasteiger partial charge in [-0.25, -0.2) is 4.39 Å². The predicted molar refractivity (Wildman–Crippen MR) is 133 cm³/mol. The molecule has 3 atom stereocenters. The van der Waals surface area contributed by atoms with E-state index in [1.807, 2.05) is 0 Å². The molecule has 9 nitrogen and oxygen atoms in total. The van der Waals surface area contributed by atoms with Gasteiger partial charge in [0.1, 0.15) is 17.9 Å². The summed E-state index contributed by atoms with van der Waals surface area (Å²) in [7, 11) is 1.26. The van der Waals surface area contributed by atoms with Crippen molar-refractivity contribution in [3.05, 3.63) is 80.1 Å². The van der Waals surface area contributed by atoms with Crippen LogP contribution in [0.15, 0.2) is 59.5 Å². The van der Waals surface area contributed by atoms with Gasteiger partial charge in [-0.15, -0.1) is 11.3 Å². The number of ether oxygens (including phenoxy) is 1. The van der Waals surface area contributed by atoms with Crippen LogP contribution in [0.1, 0.15) is 16.1 Å². The number of anilines is 1. The number of hydrogen-bond donors (Lipinski definition) is 3. The number of esters is 1. The highest BCUT2D eigenvalue weighted by atomic mass is 35.5. The van der Waals surface area contributed by atoms with E-state index >= 15 is 0 Å². The highest BCUT2D eigenvalue weighted by Crippen LogP contribution is 2.25. The van der Waals surface area contributed by atoms with E-state index in [-0.39, 0.29) is 29.9 Å². The van der Waals surface area contributed by atoms with Gasteiger partial charge in [-0.1, -0.05) is 17.7 Å². The Hall–Kier alpha value is -3.54. The molecule has 0 saturated carbocycles. The van der Waals surface area contributed by atoms with E-state index in [1.165, 1.54) is 42.1 Å². The molecule has 1 unspecified atom stereocenters. The first-order valence-corrected chi connectivity index (χ1v) is 12.1. The molecule has 2 amide bonds. The number of benzene rings is 1. The molecule has 1 aliphatic rings. The lowest BCUT2D eigenvalue weighted by molar-refractivity contribution is -0.142. The summed E-state index contributed by atoms with van der Waals surface area (Å²) >= 11 is 6.98. The number of carbonyl (C=O) groups excluding carboxylic acids is 3. The van der Waals surface area contributed by atoms with Crippen molar-refractivity contribution >= 4 is 46.4 Å². The second-order valence-corrected chi connectivity index (χ2v) is 9.81. The lowest BCUT2D eigenvalue weighted by Crippen LogP contribution is -2.49. The Balaban J connectivity index is 1.55. The second kappa shape index (κ2) is 11.0. The molecule has 0 radical (unpaired) electrons. The second-order valence-electron chi connectivity index (χ2n) is 8.10. The molecular weight excluding hydrogens is 511 g/mol. The Bertz CT molecular complexity index is 1360. The minimum atomic E-state index is -1.09. The summed E-state index contributed by atoms with van der Waals surface area (Å²) in [6, 6.07) is 9.89. The number of pyridine rings is 1. The van der Waals surface area contributed by atoms with Gasteiger partial charge in [-0.3, -0.25) is 23.7 Å². The van der Waals surface area contributed by atoms with Gasteiger partial charge < -0.3 is 20.7 Å². The normalized spacial score (nSPS) is 17.9. The summed E-state index contributed by atoms with van der Waals surface area (Å²) < 4.78 is 21.4. The van der Waals surface area contributed by atoms with E-state index in [1.54, 1.807) is 18.2 Å². The molecule has 2 aromatic heterocycles. The lowest BCUT2D eigenvalue weighted by atomic mass is 9.95. The summed E-state index contributed by atoms with van der Waals surface area (Å²) in [6.45, 7) is 0.252. The molecule has 3 aromatic rings. The van der Waals surface area contributed by atoms with Crippen molar-refractivity contribution in [2.45, 2.75) is 18.5 Å². The molecule has 1 aromatic carbocycles. The number of hydrogen-bond acceptors (Lipinski definition) is 7. The van der Waals surface area contributed by atoms with Crippen molar-refractivity contribution in [1.29, 1.82) is 0 Å². The maximum Gasteiger partial charge on any atom is 0.322 e. The number of rotatable bonds is 7. The number of aromatic nitrogens is 1. The van der Waals surface area contributed by atoms with Gasteiger partial charge >= 0.3 is 5.97 Å². The van der Waals surface area contributed by atoms with Gasteiger partial charge in [0, 0.05) is 30.8 Å². The lowest BCUT2D eigenvalue weighted by Gasteiger charge is -2.23. The molecule has 0 aliphatic carbocycles. The monoisotopic (exact) mass is 532 g/mol. The topological polar surface area (TPSA) is 119 Å². The zero-order chi connectivity index (χ0) is 25.8. The van der Waals surface area contributed by atoms with Crippen LogP contribution in [0.5, 0.6) is 0 Å². The molecule has 188 valence electrons. The predicted octanol–water partition coefficient (Wildman–Crippen LogP) is 2.58. The summed E-state index contributed by atoms with van der Waals surface area (Å²) in [5, 5.41) is 8.19. The van der Waals surface area contributed by atoms with E-state index in [0.29, 0.717) is 9.21 Å². The van der Waals surface area contributed by atoms with Crippen LogP contribution in [0.4, 0.5) is 10.1 Å². The Morgan fingerprint density at radius 1 is 1.22 bits per heavy atom. The van der Waals surface area contributed by atoms with Crippen molar-refractivity contribution in [2.75, 3.05) is 19.0 Å². The quantitative estimate of drug-likeness (QED) is 0.403. The minimum absolute atomic E-state index is 0.123. The summed E-state index contributed by atoms with van der Waals surface area (Å²) in [5.74, 6) is -2.90. The van der Waals surface area contributed by atoms with Crippen LogP contribution in [0, 0.1) is 11.7 Å². The van der Waals surface area contributed by atoms with Crippen molar-refractivity contribution in [3.63, 3.8) is 0 Å². The smallest absolute Gasteiger partial charge is 0.322 e. The molecule has 1 saturated heterocycles. The van der Waals surface area contributed by atoms with Crippen molar-refractivity contribution in [3.8, 4) is 5.69 Å². The molecule has 12 heteroatoms. The first-order chi connectivity index (χ1) is 17.3. The maximum absolute atomic E-state index is 14.9. The Labute approximate surface area is 214 Å². The zero-order valence-corrected chi connectivity index (χ0v) is 20.6. The van der Waals surface area contributed by atoms with E-state index in [4.69, 9.17) is 16.3 Å². The van der Waals surface area contributed by atoms with Crippen LogP contribution in [-0.2, 0) is 14.3 Å². The van der Waals surface area contributed by atoms with Crippen LogP contribution in [0.3, 0.4) is 0 Å². The standard InChI is InChI=1S/C24H22ClFN4O5S/c1-35-24(34)17-10-13(12-27-17)21(29-22(32)18-7-8-19(25)36-18)23(33)28-16-6-5-14(11-15(16)26)30-9-3-2-4-20(30)31/h2-9,11,13,17,21,27H,10,12H2,1H3,(H,28,33)(H,29,32)/t13-,17+,21?/m1/s1. The number of methoxy groups -OCH3 is 1. The zero-order valence-electron chi connectivity index (χ0n) is 19.0. The van der Waals surface area contributed by atoms with E-state index in [2.05, 4.69) is 16.0 Å². The third-order valence-corrected chi connectivity index (χ3v) is 7.03. The molecule has 4 rings (SSSR count). The van der Waals surface area contributed by atoms with Crippen LogP contribution in [0.25, 0.3) is 5.69 Å². The van der Waals surface area contributed by atoms with Gasteiger partial charge in [0.25, 0.3) is 11.5 Å². The Morgan fingerprint density at radius 3 is 2.69 bits per heavy atom. The molecule has 36 heavy (non-hydrogen) atoms. The average Bonchev–Trinajstić information content (AvgIpc) is 3.53. The summed E-state index contributed by atoms with van der Waals surface area (Å²) in [4.78, 5) is 50.3. The number of nitrogens with zero attached hydrogens (tertiary/aromatic N) is 1. The molecule has 1 fully saturated rings. The van der Waals surface area contributed by atoms with Crippen LogP contribution < -0.4 is 21.5 Å². The fourth-order valence-electron chi connectivity index (χ4n) is 3.99. The SMILES string of the molecule is COC(=O)[C@@H]1C[C@@H](C(NC(=O)c2ccc(Cl)s2)C(=O)Nc2ccc(-n3ccccc3=O)cc2F)CN1. The average molecular weight is 533 g/mol. The van der Waals surface area contributed by atoms with Crippen LogP contribution in [-0.4, -0.2) is 48.1 Å². The number of amides is 2. The third kappa shape index (κ3) is 5.64. The van der Waals surface area contributed by atoms with Crippen molar-refractivity contribution < 1.29 is 23.5 Å². The molecule has 1 aliphatic heterocycles. The van der Waals surface area contributed by atoms with Crippen LogP contribution >= 0.6 is 22.9 Å². The number of thiophene rings is 1. The maximum atomic E-state index is 14.9. The first-order valence-electron chi connectivity index (χ1n) is 10.9. The summed E-state index contributed by atoms with van der Waals surface area (Å²) in [6.07, 6.45) is 1.73. The van der Waals surface area contributed by atoms with Gasteiger partial charge in [-0.2, -0.15) is 0 Å². The van der Waals surface area contributed by atoms with Gasteiger partial charge in [0.05, 0.1) is 27.7 Å². The van der Waals surface area contributed by atoms with E-state index in [0.717, 1.165) is 17.4 Å². The third-order valence-electron chi connectivity index (χ3n) is 5.80. The summed E-state index contributed by atoms with van der Waals surface area (Å²) in [5.41, 5.74) is -0.169. The van der Waals surface area contributed by atoms with E-state index in [9.17, 15) is 23.6 Å². The number of carbonyl (C=O) groups is 3. The van der Waals surface area contributed by atoms with Gasteiger partial charge in [0.2, 0.25) is 5.91 Å². The van der Waals surface area contributed by atoms with Gasteiger partial charge in [0.15, 0.2) is 0 Å². The van der Waals surface area contributed by atoms with Crippen LogP contribution in [0.2, 0.25) is 4.34 Å². The van der Waals surface area contributed by atoms with Crippen molar-refractivity contribution in [1.82, 2.24) is 15.2 Å². The Morgan fingerprint density at radius 2 is 2.03 bits per heavy atom. The largest absolute Gasteiger partial charge is 0.468 e. The number of nitrogens with one attached hydrogen (secondary N) is 3. The number of halogens is 2.